The van der Waals surface area contributed by atoms with Gasteiger partial charge in [-0.15, -0.1) is 0 Å². The highest BCUT2D eigenvalue weighted by Gasteiger charge is 2.52. The summed E-state index contributed by atoms with van der Waals surface area (Å²) in [4.78, 5) is 0. The Morgan fingerprint density at radius 3 is 2.24 bits per heavy atom. The molecule has 0 bridgehead atoms. The molecule has 0 spiro atoms. The zero-order chi connectivity index (χ0) is 19.0. The predicted molar refractivity (Wildman–Crippen MR) is 94.1 cm³/mol. The van der Waals surface area contributed by atoms with Crippen LogP contribution in [0.2, 0.25) is 0 Å². The third-order valence-electron chi connectivity index (χ3n) is 4.58. The molecule has 0 aromatic heterocycles. The van der Waals surface area contributed by atoms with Gasteiger partial charge in [0.1, 0.15) is 0 Å². The summed E-state index contributed by atoms with van der Waals surface area (Å²) in [5.41, 5.74) is -1.00. The van der Waals surface area contributed by atoms with Gasteiger partial charge in [0.15, 0.2) is 0 Å². The minimum Gasteiger partial charge on any atom is -0.400 e. The second-order valence-electron chi connectivity index (χ2n) is 6.88. The minimum atomic E-state index is -4.49. The summed E-state index contributed by atoms with van der Waals surface area (Å²) in [5.74, 6) is 0.280. The lowest BCUT2D eigenvalue weighted by molar-refractivity contribution is -0.137. The van der Waals surface area contributed by atoms with E-state index in [9.17, 15) is 18.4 Å². The van der Waals surface area contributed by atoms with Gasteiger partial charge in [-0.25, -0.2) is 0 Å². The molecule has 1 aromatic carbocycles. The van der Waals surface area contributed by atoms with Crippen LogP contribution in [-0.4, -0.2) is 24.1 Å². The van der Waals surface area contributed by atoms with Crippen molar-refractivity contribution in [3.63, 3.8) is 0 Å². The number of alkyl halides is 3. The first-order valence-electron chi connectivity index (χ1n) is 7.69. The quantitative estimate of drug-likeness (QED) is 0.629. The lowest BCUT2D eigenvalue weighted by atomic mass is 9.78. The van der Waals surface area contributed by atoms with Crippen molar-refractivity contribution in [2.75, 3.05) is 5.75 Å². The largest absolute Gasteiger partial charge is 0.491 e. The van der Waals surface area contributed by atoms with Gasteiger partial charge in [0.25, 0.3) is 0 Å². The van der Waals surface area contributed by atoms with Crippen LogP contribution in [0.5, 0.6) is 0 Å². The van der Waals surface area contributed by atoms with E-state index in [1.165, 1.54) is 6.07 Å². The van der Waals surface area contributed by atoms with Crippen molar-refractivity contribution in [1.82, 2.24) is 0 Å². The van der Waals surface area contributed by atoms with E-state index in [2.05, 4.69) is 12.6 Å². The van der Waals surface area contributed by atoms with E-state index in [-0.39, 0.29) is 11.3 Å². The van der Waals surface area contributed by atoms with E-state index in [4.69, 9.17) is 9.31 Å². The van der Waals surface area contributed by atoms with Crippen molar-refractivity contribution in [3.05, 3.63) is 40.4 Å². The van der Waals surface area contributed by atoms with Gasteiger partial charge in [0.05, 0.1) is 28.4 Å². The fraction of sp³-hybridized carbons (Fsp3) is 0.471. The number of hydrogen-bond donors (Lipinski definition) is 1. The van der Waals surface area contributed by atoms with Crippen LogP contribution in [0.1, 0.15) is 44.4 Å². The van der Waals surface area contributed by atoms with Crippen molar-refractivity contribution in [2.45, 2.75) is 45.1 Å². The Hall–Kier alpha value is -1.43. The van der Waals surface area contributed by atoms with Crippen LogP contribution in [0.15, 0.2) is 23.7 Å². The maximum Gasteiger partial charge on any atom is 0.491 e. The van der Waals surface area contributed by atoms with Crippen LogP contribution < -0.4 is 0 Å². The molecule has 2 rings (SSSR count). The zero-order valence-corrected chi connectivity index (χ0v) is 15.3. The first-order chi connectivity index (χ1) is 11.4. The van der Waals surface area contributed by atoms with Gasteiger partial charge in [-0.2, -0.15) is 31.1 Å². The molecule has 0 radical (unpaired) electrons. The SMILES string of the molecule is CC1(C)OB(C(=Cc2ccc(C(F)(F)F)cc2C#N)CS)OC1(C)C. The number of rotatable bonds is 3. The van der Waals surface area contributed by atoms with Crippen LogP contribution in [-0.2, 0) is 15.5 Å². The van der Waals surface area contributed by atoms with E-state index in [0.717, 1.165) is 12.1 Å². The Morgan fingerprint density at radius 2 is 1.80 bits per heavy atom. The average Bonchev–Trinajstić information content (AvgIpc) is 2.71. The van der Waals surface area contributed by atoms with E-state index < -0.39 is 30.1 Å². The molecule has 1 saturated heterocycles. The fourth-order valence-corrected chi connectivity index (χ4v) is 2.58. The molecule has 0 N–H and O–H groups in total. The molecule has 1 heterocycles. The Labute approximate surface area is 151 Å². The second-order valence-corrected chi connectivity index (χ2v) is 7.19. The fourth-order valence-electron chi connectivity index (χ4n) is 2.34. The van der Waals surface area contributed by atoms with Crippen molar-refractivity contribution in [1.29, 1.82) is 5.26 Å². The first kappa shape index (κ1) is 19.9. The molecule has 1 aliphatic heterocycles. The molecule has 1 aliphatic rings. The van der Waals surface area contributed by atoms with Crippen molar-refractivity contribution in [3.8, 4) is 6.07 Å². The maximum atomic E-state index is 12.8. The van der Waals surface area contributed by atoms with Crippen molar-refractivity contribution >= 4 is 25.8 Å². The topological polar surface area (TPSA) is 42.2 Å². The molecule has 3 nitrogen and oxygen atoms in total. The lowest BCUT2D eigenvalue weighted by Crippen LogP contribution is -2.41. The number of nitrogens with zero attached hydrogens (tertiary/aromatic N) is 1. The van der Waals surface area contributed by atoms with Crippen LogP contribution in [0.25, 0.3) is 6.08 Å². The zero-order valence-electron chi connectivity index (χ0n) is 14.4. The van der Waals surface area contributed by atoms with Crippen LogP contribution in [0, 0.1) is 11.3 Å². The Kier molecular flexibility index (Phi) is 5.34. The number of thiol groups is 1. The van der Waals surface area contributed by atoms with Crippen molar-refractivity contribution < 1.29 is 22.5 Å². The molecule has 0 saturated carbocycles. The van der Waals surface area contributed by atoms with Crippen LogP contribution in [0.3, 0.4) is 0 Å². The summed E-state index contributed by atoms with van der Waals surface area (Å²) >= 11 is 4.27. The average molecular weight is 369 g/mol. The first-order valence-corrected chi connectivity index (χ1v) is 8.33. The molecule has 8 heteroatoms. The molecule has 0 amide bonds. The van der Waals surface area contributed by atoms with Gasteiger partial charge in [0, 0.05) is 5.75 Å². The minimum absolute atomic E-state index is 0.0642. The van der Waals surface area contributed by atoms with Gasteiger partial charge in [-0.1, -0.05) is 12.1 Å². The summed E-state index contributed by atoms with van der Waals surface area (Å²) < 4.78 is 50.3. The van der Waals surface area contributed by atoms with E-state index in [1.54, 1.807) is 6.08 Å². The summed E-state index contributed by atoms with van der Waals surface area (Å²) in [6, 6.07) is 4.87. The predicted octanol–water partition coefficient (Wildman–Crippen LogP) is 4.52. The summed E-state index contributed by atoms with van der Waals surface area (Å²) in [6.45, 7) is 7.62. The number of hydrogen-bond acceptors (Lipinski definition) is 4. The molecule has 25 heavy (non-hydrogen) atoms. The van der Waals surface area contributed by atoms with Gasteiger partial charge < -0.3 is 9.31 Å². The number of nitriles is 1. The third-order valence-corrected chi connectivity index (χ3v) is 4.95. The normalized spacial score (nSPS) is 19.8. The summed E-state index contributed by atoms with van der Waals surface area (Å²) in [5, 5.41) is 9.20. The van der Waals surface area contributed by atoms with Gasteiger partial charge >= 0.3 is 13.3 Å². The van der Waals surface area contributed by atoms with E-state index in [1.807, 2.05) is 33.8 Å². The standard InChI is InChI=1S/C17H19BF3NO2S/c1-15(2)16(3,4)24-18(23-15)14(10-25)8-11-5-6-13(17(19,20)21)7-12(11)9-22/h5-8,25H,10H2,1-4H3. The Balaban J connectivity index is 2.40. The highest BCUT2D eigenvalue weighted by molar-refractivity contribution is 7.80. The monoisotopic (exact) mass is 369 g/mol. The highest BCUT2D eigenvalue weighted by Crippen LogP contribution is 2.39. The molecule has 0 atom stereocenters. The maximum absolute atomic E-state index is 12.8. The van der Waals surface area contributed by atoms with E-state index >= 15 is 0 Å². The molecule has 0 aliphatic carbocycles. The third kappa shape index (κ3) is 4.05. The molecule has 0 unspecified atom stereocenters. The Morgan fingerprint density at radius 1 is 1.24 bits per heavy atom. The molecular formula is C17H19BF3NO2S. The number of benzene rings is 1. The number of halogens is 3. The molecule has 1 aromatic rings. The second kappa shape index (κ2) is 6.71. The van der Waals surface area contributed by atoms with Crippen molar-refractivity contribution in [2.24, 2.45) is 0 Å². The van der Waals surface area contributed by atoms with Crippen LogP contribution >= 0.6 is 12.6 Å². The molecule has 134 valence electrons. The summed E-state index contributed by atoms with van der Waals surface area (Å²) in [6.07, 6.45) is -2.89. The smallest absolute Gasteiger partial charge is 0.400 e. The Bertz CT molecular complexity index is 722. The van der Waals surface area contributed by atoms with Crippen LogP contribution in [0.4, 0.5) is 13.2 Å². The molecular weight excluding hydrogens is 350 g/mol. The van der Waals surface area contributed by atoms with E-state index in [0.29, 0.717) is 11.0 Å². The molecule has 1 fully saturated rings. The van der Waals surface area contributed by atoms with Gasteiger partial charge in [-0.05, 0) is 50.9 Å². The summed E-state index contributed by atoms with van der Waals surface area (Å²) in [7, 11) is -0.670. The lowest BCUT2D eigenvalue weighted by Gasteiger charge is -2.32. The highest BCUT2D eigenvalue weighted by atomic mass is 32.1. The van der Waals surface area contributed by atoms with Gasteiger partial charge in [0.2, 0.25) is 0 Å². The van der Waals surface area contributed by atoms with Gasteiger partial charge in [-0.3, -0.25) is 0 Å².